The van der Waals surface area contributed by atoms with E-state index in [1.54, 1.807) is 0 Å². The van der Waals surface area contributed by atoms with Crippen LogP contribution in [0, 0.1) is 0 Å². The van der Waals surface area contributed by atoms with E-state index in [0.717, 1.165) is 24.1 Å². The maximum atomic E-state index is 11.9. The molecule has 0 bridgehead atoms. The van der Waals surface area contributed by atoms with E-state index in [1.165, 1.54) is 0 Å². The molecule has 6 heteroatoms. The van der Waals surface area contributed by atoms with Crippen molar-refractivity contribution in [2.45, 2.75) is 18.3 Å². The van der Waals surface area contributed by atoms with Crippen molar-refractivity contribution in [1.82, 2.24) is 0 Å². The predicted molar refractivity (Wildman–Crippen MR) is 72.5 cm³/mol. The third-order valence-electron chi connectivity index (χ3n) is 2.22. The van der Waals surface area contributed by atoms with Gasteiger partial charge in [0.15, 0.2) is 0 Å². The van der Waals surface area contributed by atoms with Crippen molar-refractivity contribution in [2.24, 2.45) is 0 Å². The lowest BCUT2D eigenvalue weighted by Gasteiger charge is -2.09. The molecule has 18 heavy (non-hydrogen) atoms. The fourth-order valence-electron chi connectivity index (χ4n) is 1.47. The molecule has 0 fully saturated rings. The number of nitrogens with one attached hydrogen (secondary N) is 1. The number of anilines is 1. The lowest BCUT2D eigenvalue weighted by atomic mass is 10.1. The average molecular weight is 298 g/mol. The molecule has 0 saturated heterocycles. The fourth-order valence-corrected chi connectivity index (χ4v) is 2.04. The highest BCUT2D eigenvalue weighted by atomic mass is 35.5. The van der Waals surface area contributed by atoms with Crippen LogP contribution in [0.15, 0.2) is 24.3 Å². The van der Waals surface area contributed by atoms with Crippen LogP contribution in [-0.4, -0.2) is 23.7 Å². The van der Waals surface area contributed by atoms with Gasteiger partial charge in [0.25, 0.3) is 0 Å². The quantitative estimate of drug-likeness (QED) is 0.586. The zero-order valence-corrected chi connectivity index (χ0v) is 11.3. The molecule has 0 atom stereocenters. The molecule has 1 aromatic carbocycles. The molecule has 0 aliphatic rings. The highest BCUT2D eigenvalue weighted by molar-refractivity contribution is 8.00. The Kier molecular flexibility index (Phi) is 6.71. The first kappa shape index (κ1) is 15.5. The molecule has 0 unspecified atom stereocenters. The number of rotatable bonds is 7. The minimum atomic E-state index is -4.15. The highest BCUT2D eigenvalue weighted by Gasteiger charge is 2.27. The number of alkyl halides is 4. The summed E-state index contributed by atoms with van der Waals surface area (Å²) >= 11 is 5.60. The van der Waals surface area contributed by atoms with E-state index in [2.05, 4.69) is 5.32 Å². The first-order valence-corrected chi connectivity index (χ1v) is 7.13. The van der Waals surface area contributed by atoms with E-state index in [9.17, 15) is 13.2 Å². The van der Waals surface area contributed by atoms with Crippen LogP contribution in [0.1, 0.15) is 12.0 Å². The van der Waals surface area contributed by atoms with E-state index in [-0.39, 0.29) is 17.5 Å². The minimum Gasteiger partial charge on any atom is -0.384 e. The zero-order chi connectivity index (χ0) is 13.4. The Hall–Kier alpha value is -0.550. The summed E-state index contributed by atoms with van der Waals surface area (Å²) in [6, 6.07) is 7.68. The molecule has 0 spiro atoms. The van der Waals surface area contributed by atoms with Crippen molar-refractivity contribution < 1.29 is 13.2 Å². The van der Waals surface area contributed by atoms with E-state index >= 15 is 0 Å². The Bertz CT molecular complexity index is 357. The Labute approximate surface area is 114 Å². The van der Waals surface area contributed by atoms with Crippen LogP contribution < -0.4 is 5.32 Å². The van der Waals surface area contributed by atoms with Gasteiger partial charge in [-0.15, -0.1) is 11.6 Å². The van der Waals surface area contributed by atoms with Gasteiger partial charge in [-0.3, -0.25) is 0 Å². The van der Waals surface area contributed by atoms with Gasteiger partial charge in [0.1, 0.15) is 0 Å². The molecule has 0 radical (unpaired) electrons. The Balaban J connectivity index is 2.33. The number of hydrogen-bond acceptors (Lipinski definition) is 2. The summed E-state index contributed by atoms with van der Waals surface area (Å²) in [6.07, 6.45) is 1.78. The molecular formula is C12H15ClF3NS. The second-order valence-electron chi connectivity index (χ2n) is 3.71. The van der Waals surface area contributed by atoms with Crippen LogP contribution in [-0.2, 0) is 6.42 Å². The smallest absolute Gasteiger partial charge is 0.384 e. The molecule has 1 rings (SSSR count). The second kappa shape index (κ2) is 7.79. The van der Waals surface area contributed by atoms with Gasteiger partial charge >= 0.3 is 5.51 Å². The summed E-state index contributed by atoms with van der Waals surface area (Å²) in [7, 11) is 0. The standard InChI is InChI=1S/C12H15ClF3NS/c13-6-2-4-10-3-1-5-11(9-10)17-7-8-18-12(14,15)16/h1,3,5,9,17H,2,4,6-8H2. The molecule has 102 valence electrons. The average Bonchev–Trinajstić information content (AvgIpc) is 2.31. The zero-order valence-electron chi connectivity index (χ0n) is 9.77. The minimum absolute atomic E-state index is 0.00905. The molecule has 0 saturated carbocycles. The normalized spacial score (nSPS) is 11.6. The van der Waals surface area contributed by atoms with Gasteiger partial charge in [-0.1, -0.05) is 12.1 Å². The SMILES string of the molecule is FC(F)(F)SCCNc1cccc(CCCCl)c1. The first-order valence-electron chi connectivity index (χ1n) is 5.61. The van der Waals surface area contributed by atoms with Gasteiger partial charge < -0.3 is 5.32 Å². The number of benzene rings is 1. The van der Waals surface area contributed by atoms with Crippen LogP contribution in [0.3, 0.4) is 0 Å². The lowest BCUT2D eigenvalue weighted by Crippen LogP contribution is -2.09. The Morgan fingerprint density at radius 1 is 1.28 bits per heavy atom. The summed E-state index contributed by atoms with van der Waals surface area (Å²) in [5.74, 6) is 0.620. The largest absolute Gasteiger partial charge is 0.441 e. The molecular weight excluding hydrogens is 283 g/mol. The maximum absolute atomic E-state index is 11.9. The maximum Gasteiger partial charge on any atom is 0.441 e. The molecule has 1 aromatic rings. The lowest BCUT2D eigenvalue weighted by molar-refractivity contribution is -0.0327. The van der Waals surface area contributed by atoms with Crippen molar-refractivity contribution >= 4 is 29.1 Å². The topological polar surface area (TPSA) is 12.0 Å². The van der Waals surface area contributed by atoms with E-state index < -0.39 is 5.51 Å². The van der Waals surface area contributed by atoms with Gasteiger partial charge in [-0.2, -0.15) is 13.2 Å². The third-order valence-corrected chi connectivity index (χ3v) is 3.23. The van der Waals surface area contributed by atoms with Crippen LogP contribution in [0.2, 0.25) is 0 Å². The fraction of sp³-hybridized carbons (Fsp3) is 0.500. The van der Waals surface area contributed by atoms with Crippen molar-refractivity contribution in [2.75, 3.05) is 23.5 Å². The van der Waals surface area contributed by atoms with Crippen LogP contribution in [0.25, 0.3) is 0 Å². The van der Waals surface area contributed by atoms with Crippen LogP contribution in [0.5, 0.6) is 0 Å². The Morgan fingerprint density at radius 2 is 2.06 bits per heavy atom. The predicted octanol–water partition coefficient (Wildman–Crippen LogP) is 4.52. The summed E-state index contributed by atoms with van der Waals surface area (Å²) in [4.78, 5) is 0. The van der Waals surface area contributed by atoms with E-state index in [4.69, 9.17) is 11.6 Å². The van der Waals surface area contributed by atoms with Gasteiger partial charge in [-0.25, -0.2) is 0 Å². The van der Waals surface area contributed by atoms with Gasteiger partial charge in [0.05, 0.1) is 0 Å². The Morgan fingerprint density at radius 3 is 2.72 bits per heavy atom. The molecule has 0 aliphatic carbocycles. The molecule has 0 heterocycles. The first-order chi connectivity index (χ1) is 8.51. The van der Waals surface area contributed by atoms with Crippen LogP contribution in [0.4, 0.5) is 18.9 Å². The van der Waals surface area contributed by atoms with Gasteiger partial charge in [0.2, 0.25) is 0 Å². The number of thioether (sulfide) groups is 1. The van der Waals surface area contributed by atoms with Gasteiger partial charge in [-0.05, 0) is 42.3 Å². The van der Waals surface area contributed by atoms with E-state index in [0.29, 0.717) is 12.4 Å². The van der Waals surface area contributed by atoms with E-state index in [1.807, 2.05) is 24.3 Å². The molecule has 0 aliphatic heterocycles. The highest BCUT2D eigenvalue weighted by Crippen LogP contribution is 2.29. The van der Waals surface area contributed by atoms with Crippen molar-refractivity contribution in [3.8, 4) is 0 Å². The third kappa shape index (κ3) is 7.01. The molecule has 1 N–H and O–H groups in total. The van der Waals surface area contributed by atoms with Crippen molar-refractivity contribution in [3.05, 3.63) is 29.8 Å². The summed E-state index contributed by atoms with van der Waals surface area (Å²) < 4.78 is 35.7. The summed E-state index contributed by atoms with van der Waals surface area (Å²) in [5, 5.41) is 2.98. The monoisotopic (exact) mass is 297 g/mol. The summed E-state index contributed by atoms with van der Waals surface area (Å²) in [5.41, 5.74) is -2.15. The van der Waals surface area contributed by atoms with Gasteiger partial charge in [0, 0.05) is 23.9 Å². The van der Waals surface area contributed by atoms with Crippen LogP contribution >= 0.6 is 23.4 Å². The second-order valence-corrected chi connectivity index (χ2v) is 5.25. The molecule has 1 nitrogen and oxygen atoms in total. The van der Waals surface area contributed by atoms with Crippen molar-refractivity contribution in [3.63, 3.8) is 0 Å². The molecule has 0 aromatic heterocycles. The van der Waals surface area contributed by atoms with Crippen molar-refractivity contribution in [1.29, 1.82) is 0 Å². The number of hydrogen-bond donors (Lipinski definition) is 1. The molecule has 0 amide bonds. The number of halogens is 4. The number of aryl methyl sites for hydroxylation is 1. The summed E-state index contributed by atoms with van der Waals surface area (Å²) in [6.45, 7) is 0.295.